The van der Waals surface area contributed by atoms with Crippen LogP contribution in [0.15, 0.2) is 54.6 Å². The summed E-state index contributed by atoms with van der Waals surface area (Å²) >= 11 is 0. The third-order valence-corrected chi connectivity index (χ3v) is 5.82. The molecule has 1 aliphatic heterocycles. The highest BCUT2D eigenvalue weighted by Gasteiger charge is 2.31. The molecule has 168 valence electrons. The van der Waals surface area contributed by atoms with E-state index < -0.39 is 5.60 Å². The van der Waals surface area contributed by atoms with Gasteiger partial charge in [0.05, 0.1) is 17.1 Å². The van der Waals surface area contributed by atoms with Crippen molar-refractivity contribution in [3.8, 4) is 16.9 Å². The van der Waals surface area contributed by atoms with Crippen molar-refractivity contribution >= 4 is 6.09 Å². The summed E-state index contributed by atoms with van der Waals surface area (Å²) in [5, 5.41) is 4.97. The summed E-state index contributed by atoms with van der Waals surface area (Å²) in [4.78, 5) is 14.2. The second-order valence-corrected chi connectivity index (χ2v) is 9.33. The first-order chi connectivity index (χ1) is 15.2. The number of para-hydroxylation sites is 1. The summed E-state index contributed by atoms with van der Waals surface area (Å²) in [5.41, 5.74) is 3.66. The summed E-state index contributed by atoms with van der Waals surface area (Å²) < 4.78 is 22.1. The number of nitrogens with zero attached hydrogens (tertiary/aromatic N) is 3. The van der Waals surface area contributed by atoms with Crippen molar-refractivity contribution in [3.63, 3.8) is 0 Å². The summed E-state index contributed by atoms with van der Waals surface area (Å²) in [6.07, 6.45) is 1.32. The highest BCUT2D eigenvalue weighted by atomic mass is 19.1. The summed E-state index contributed by atoms with van der Waals surface area (Å²) in [5.74, 6) is -0.0665. The van der Waals surface area contributed by atoms with E-state index in [1.807, 2.05) is 68.8 Å². The molecule has 2 heterocycles. The van der Waals surface area contributed by atoms with Crippen LogP contribution < -0.4 is 0 Å². The molecule has 4 rings (SSSR count). The Morgan fingerprint density at radius 2 is 1.66 bits per heavy atom. The summed E-state index contributed by atoms with van der Waals surface area (Å²) in [6, 6.07) is 16.6. The highest BCUT2D eigenvalue weighted by molar-refractivity contribution is 5.69. The van der Waals surface area contributed by atoms with Gasteiger partial charge < -0.3 is 9.64 Å². The Hall–Kier alpha value is -3.15. The number of amides is 1. The first-order valence-corrected chi connectivity index (χ1v) is 11.1. The molecule has 3 aromatic rings. The molecule has 1 amide bonds. The van der Waals surface area contributed by atoms with Gasteiger partial charge in [0.1, 0.15) is 11.4 Å². The number of aromatic nitrogens is 2. The fourth-order valence-corrected chi connectivity index (χ4v) is 4.29. The van der Waals surface area contributed by atoms with Crippen molar-refractivity contribution in [1.82, 2.24) is 14.7 Å². The molecule has 6 heteroatoms. The molecule has 2 aromatic carbocycles. The molecule has 1 saturated heterocycles. The Balaban J connectivity index is 1.65. The second-order valence-electron chi connectivity index (χ2n) is 9.33. The number of rotatable bonds is 3. The van der Waals surface area contributed by atoms with E-state index in [1.54, 1.807) is 17.0 Å². The molecule has 5 nitrogen and oxygen atoms in total. The monoisotopic (exact) mass is 435 g/mol. The van der Waals surface area contributed by atoms with Crippen molar-refractivity contribution in [2.75, 3.05) is 13.1 Å². The van der Waals surface area contributed by atoms with Gasteiger partial charge in [-0.3, -0.25) is 0 Å². The minimum Gasteiger partial charge on any atom is -0.444 e. The normalized spacial score (nSPS) is 15.1. The molecular formula is C26H30FN3O2. The number of piperidine rings is 1. The van der Waals surface area contributed by atoms with Crippen molar-refractivity contribution in [1.29, 1.82) is 0 Å². The van der Waals surface area contributed by atoms with Gasteiger partial charge in [0.2, 0.25) is 0 Å². The number of halogens is 1. The fourth-order valence-electron chi connectivity index (χ4n) is 4.29. The third-order valence-electron chi connectivity index (χ3n) is 5.82. The number of ether oxygens (including phenoxy) is 1. The van der Waals surface area contributed by atoms with Crippen molar-refractivity contribution in [2.45, 2.75) is 52.1 Å². The average Bonchev–Trinajstić information content (AvgIpc) is 3.10. The number of carbonyl (C=O) groups excluding carboxylic acids is 1. The van der Waals surface area contributed by atoms with Gasteiger partial charge in [-0.05, 0) is 70.4 Å². The van der Waals surface area contributed by atoms with Crippen LogP contribution in [0.3, 0.4) is 0 Å². The molecule has 0 N–H and O–H groups in total. The zero-order chi connectivity index (χ0) is 22.9. The van der Waals surface area contributed by atoms with E-state index in [4.69, 9.17) is 9.84 Å². The quantitative estimate of drug-likeness (QED) is 0.499. The average molecular weight is 436 g/mol. The van der Waals surface area contributed by atoms with E-state index in [0.29, 0.717) is 18.7 Å². The number of carbonyl (C=O) groups is 1. The Bertz CT molecular complexity index is 1090. The van der Waals surface area contributed by atoms with E-state index in [9.17, 15) is 9.18 Å². The van der Waals surface area contributed by atoms with Crippen LogP contribution in [0.4, 0.5) is 9.18 Å². The molecule has 0 bridgehead atoms. The van der Waals surface area contributed by atoms with Gasteiger partial charge >= 0.3 is 6.09 Å². The van der Waals surface area contributed by atoms with E-state index in [-0.39, 0.29) is 17.8 Å². The molecule has 0 radical (unpaired) electrons. The standard InChI is InChI=1S/C26H30FN3O2/c1-18-23(19-14-16-29(17-15-19)25(31)32-26(2,3)4)28-30(20-10-6-5-7-11-20)24(18)21-12-8-9-13-22(21)27/h5-13,19H,14-17H2,1-4H3. The van der Waals surface area contributed by atoms with E-state index in [0.717, 1.165) is 35.5 Å². The molecular weight excluding hydrogens is 405 g/mol. The molecule has 1 fully saturated rings. The van der Waals surface area contributed by atoms with Gasteiger partial charge in [0.25, 0.3) is 0 Å². The Labute approximate surface area is 188 Å². The largest absolute Gasteiger partial charge is 0.444 e. The van der Waals surface area contributed by atoms with E-state index in [2.05, 4.69) is 0 Å². The SMILES string of the molecule is Cc1c(C2CCN(C(=O)OC(C)(C)C)CC2)nn(-c2ccccc2)c1-c1ccccc1F. The summed E-state index contributed by atoms with van der Waals surface area (Å²) in [6.45, 7) is 8.88. The number of hydrogen-bond donors (Lipinski definition) is 0. The molecule has 1 aliphatic rings. The van der Waals surface area contributed by atoms with Gasteiger partial charge in [-0.1, -0.05) is 30.3 Å². The molecule has 32 heavy (non-hydrogen) atoms. The molecule has 0 aliphatic carbocycles. The fraction of sp³-hybridized carbons (Fsp3) is 0.385. The van der Waals surface area contributed by atoms with Crippen LogP contribution in [0.2, 0.25) is 0 Å². The number of hydrogen-bond acceptors (Lipinski definition) is 3. The Morgan fingerprint density at radius 1 is 1.03 bits per heavy atom. The second kappa shape index (κ2) is 8.77. The van der Waals surface area contributed by atoms with Gasteiger partial charge in [0.15, 0.2) is 0 Å². The number of benzene rings is 2. The minimum atomic E-state index is -0.506. The van der Waals surface area contributed by atoms with Crippen LogP contribution >= 0.6 is 0 Å². The van der Waals surface area contributed by atoms with Crippen LogP contribution in [-0.2, 0) is 4.74 Å². The van der Waals surface area contributed by atoms with Crippen LogP contribution in [0, 0.1) is 12.7 Å². The maximum absolute atomic E-state index is 14.8. The zero-order valence-electron chi connectivity index (χ0n) is 19.1. The third kappa shape index (κ3) is 4.54. The molecule has 0 spiro atoms. The zero-order valence-corrected chi connectivity index (χ0v) is 19.1. The molecule has 0 unspecified atom stereocenters. The van der Waals surface area contributed by atoms with Gasteiger partial charge in [-0.25, -0.2) is 13.9 Å². The van der Waals surface area contributed by atoms with Crippen molar-refractivity contribution in [2.24, 2.45) is 0 Å². The number of likely N-dealkylation sites (tertiary alicyclic amines) is 1. The maximum Gasteiger partial charge on any atom is 0.410 e. The predicted molar refractivity (Wildman–Crippen MR) is 123 cm³/mol. The topological polar surface area (TPSA) is 47.4 Å². The van der Waals surface area contributed by atoms with Gasteiger partial charge in [0, 0.05) is 24.6 Å². The lowest BCUT2D eigenvalue weighted by Gasteiger charge is -2.33. The van der Waals surface area contributed by atoms with Crippen LogP contribution in [-0.4, -0.2) is 39.5 Å². The molecule has 0 saturated carbocycles. The van der Waals surface area contributed by atoms with Gasteiger partial charge in [-0.15, -0.1) is 0 Å². The minimum absolute atomic E-state index is 0.198. The molecule has 1 aromatic heterocycles. The first kappa shape index (κ1) is 22.1. The lowest BCUT2D eigenvalue weighted by molar-refractivity contribution is 0.0204. The molecule has 0 atom stereocenters. The first-order valence-electron chi connectivity index (χ1n) is 11.1. The van der Waals surface area contributed by atoms with Crippen molar-refractivity contribution in [3.05, 3.63) is 71.7 Å². The van der Waals surface area contributed by atoms with Crippen LogP contribution in [0.5, 0.6) is 0 Å². The Kier molecular flexibility index (Phi) is 6.04. The van der Waals surface area contributed by atoms with Crippen LogP contribution in [0.1, 0.15) is 50.8 Å². The summed E-state index contributed by atoms with van der Waals surface area (Å²) in [7, 11) is 0. The smallest absolute Gasteiger partial charge is 0.410 e. The Morgan fingerprint density at radius 3 is 2.28 bits per heavy atom. The van der Waals surface area contributed by atoms with E-state index in [1.165, 1.54) is 6.07 Å². The highest BCUT2D eigenvalue weighted by Crippen LogP contribution is 2.37. The lowest BCUT2D eigenvalue weighted by Crippen LogP contribution is -2.41. The maximum atomic E-state index is 14.8. The van der Waals surface area contributed by atoms with Crippen molar-refractivity contribution < 1.29 is 13.9 Å². The lowest BCUT2D eigenvalue weighted by atomic mass is 9.90. The van der Waals surface area contributed by atoms with Crippen LogP contribution in [0.25, 0.3) is 16.9 Å². The predicted octanol–water partition coefficient (Wildman–Crippen LogP) is 6.10. The van der Waals surface area contributed by atoms with E-state index >= 15 is 0 Å². The van der Waals surface area contributed by atoms with Gasteiger partial charge in [-0.2, -0.15) is 5.10 Å².